The highest BCUT2D eigenvalue weighted by atomic mass is 32.1. The van der Waals surface area contributed by atoms with Crippen LogP contribution >= 0.6 is 11.3 Å². The van der Waals surface area contributed by atoms with Crippen molar-refractivity contribution in [2.75, 3.05) is 6.61 Å². The van der Waals surface area contributed by atoms with Gasteiger partial charge in [-0.1, -0.05) is 6.07 Å². The van der Waals surface area contributed by atoms with E-state index in [0.717, 1.165) is 4.88 Å². The Morgan fingerprint density at radius 1 is 1.59 bits per heavy atom. The van der Waals surface area contributed by atoms with Crippen molar-refractivity contribution in [3.8, 4) is 5.88 Å². The fourth-order valence-corrected chi connectivity index (χ4v) is 2.54. The van der Waals surface area contributed by atoms with Gasteiger partial charge in [-0.05, 0) is 30.9 Å². The van der Waals surface area contributed by atoms with Gasteiger partial charge in [0.05, 0.1) is 11.0 Å². The summed E-state index contributed by atoms with van der Waals surface area (Å²) >= 11 is 1.54. The Morgan fingerprint density at radius 3 is 3.00 bits per heavy atom. The van der Waals surface area contributed by atoms with Crippen LogP contribution < -0.4 is 10.1 Å². The number of nitrogens with zero attached hydrogens (tertiary/aromatic N) is 2. The van der Waals surface area contributed by atoms with Crippen molar-refractivity contribution in [2.24, 2.45) is 0 Å². The van der Waals surface area contributed by atoms with Crippen molar-refractivity contribution in [3.05, 3.63) is 50.3 Å². The molecule has 1 amide bonds. The number of thiophene rings is 1. The van der Waals surface area contributed by atoms with E-state index in [-0.39, 0.29) is 30.1 Å². The fourth-order valence-electron chi connectivity index (χ4n) is 1.81. The maximum Gasteiger partial charge on any atom is 0.331 e. The number of rotatable bonds is 6. The Morgan fingerprint density at radius 2 is 2.36 bits per heavy atom. The van der Waals surface area contributed by atoms with Crippen LogP contribution in [0.15, 0.2) is 29.8 Å². The van der Waals surface area contributed by atoms with Gasteiger partial charge in [-0.25, -0.2) is 4.98 Å². The lowest BCUT2D eigenvalue weighted by atomic mass is 10.3. The monoisotopic (exact) mass is 321 g/mol. The van der Waals surface area contributed by atoms with Crippen LogP contribution in [0, 0.1) is 17.0 Å². The minimum absolute atomic E-state index is 0.142. The second-order valence-electron chi connectivity index (χ2n) is 4.69. The number of pyridine rings is 1. The first kappa shape index (κ1) is 15.9. The normalized spacial score (nSPS) is 11.7. The highest BCUT2D eigenvalue weighted by molar-refractivity contribution is 7.10. The molecule has 0 aromatic carbocycles. The molecule has 2 aromatic heterocycles. The van der Waals surface area contributed by atoms with Crippen LogP contribution in [0.3, 0.4) is 0 Å². The molecule has 0 aliphatic rings. The number of hydrogen-bond donors (Lipinski definition) is 1. The smallest absolute Gasteiger partial charge is 0.331 e. The van der Waals surface area contributed by atoms with E-state index < -0.39 is 4.92 Å². The maximum absolute atomic E-state index is 11.8. The summed E-state index contributed by atoms with van der Waals surface area (Å²) in [5, 5.41) is 15.6. The Labute approximate surface area is 131 Å². The fraction of sp³-hybridized carbons (Fsp3) is 0.286. The molecule has 7 nitrogen and oxygen atoms in total. The molecule has 0 aliphatic carbocycles. The first-order valence-electron chi connectivity index (χ1n) is 6.54. The van der Waals surface area contributed by atoms with Crippen LogP contribution in [-0.4, -0.2) is 22.4 Å². The minimum atomic E-state index is -0.582. The van der Waals surface area contributed by atoms with Crippen molar-refractivity contribution < 1.29 is 14.5 Å². The van der Waals surface area contributed by atoms with Crippen molar-refractivity contribution in [1.82, 2.24) is 10.3 Å². The minimum Gasteiger partial charge on any atom is -0.463 e. The molecule has 0 spiro atoms. The highest BCUT2D eigenvalue weighted by Crippen LogP contribution is 2.24. The van der Waals surface area contributed by atoms with Gasteiger partial charge in [-0.15, -0.1) is 11.3 Å². The molecule has 2 heterocycles. The maximum atomic E-state index is 11.8. The van der Waals surface area contributed by atoms with Crippen molar-refractivity contribution in [2.45, 2.75) is 19.9 Å². The third kappa shape index (κ3) is 4.01. The van der Waals surface area contributed by atoms with Gasteiger partial charge in [0.2, 0.25) is 0 Å². The van der Waals surface area contributed by atoms with Crippen LogP contribution in [0.25, 0.3) is 0 Å². The van der Waals surface area contributed by atoms with Crippen molar-refractivity contribution in [3.63, 3.8) is 0 Å². The van der Waals surface area contributed by atoms with E-state index in [1.807, 2.05) is 24.4 Å². The molecule has 0 saturated heterocycles. The van der Waals surface area contributed by atoms with Crippen LogP contribution in [0.4, 0.5) is 5.69 Å². The molecule has 0 saturated carbocycles. The average molecular weight is 321 g/mol. The number of aryl methyl sites for hydroxylation is 1. The summed E-state index contributed by atoms with van der Waals surface area (Å²) in [6.07, 6.45) is 1.45. The predicted octanol–water partition coefficient (Wildman–Crippen LogP) is 2.62. The molecule has 0 unspecified atom stereocenters. The number of amides is 1. The van der Waals surface area contributed by atoms with Crippen molar-refractivity contribution in [1.29, 1.82) is 0 Å². The molecule has 0 aliphatic heterocycles. The van der Waals surface area contributed by atoms with E-state index in [9.17, 15) is 14.9 Å². The average Bonchev–Trinajstić information content (AvgIpc) is 3.00. The molecule has 0 bridgehead atoms. The summed E-state index contributed by atoms with van der Waals surface area (Å²) in [7, 11) is 0. The zero-order chi connectivity index (χ0) is 16.1. The Kier molecular flexibility index (Phi) is 5.05. The molecule has 2 rings (SSSR count). The summed E-state index contributed by atoms with van der Waals surface area (Å²) in [5.74, 6) is -0.521. The lowest BCUT2D eigenvalue weighted by Gasteiger charge is -2.12. The molecule has 22 heavy (non-hydrogen) atoms. The van der Waals surface area contributed by atoms with E-state index in [2.05, 4.69) is 10.3 Å². The molecular weight excluding hydrogens is 306 g/mol. The topological polar surface area (TPSA) is 94.4 Å². The molecule has 0 fully saturated rings. The van der Waals surface area contributed by atoms with Gasteiger partial charge in [-0.3, -0.25) is 14.9 Å². The second-order valence-corrected chi connectivity index (χ2v) is 5.67. The molecular formula is C14H15N3O4S. The van der Waals surface area contributed by atoms with Gasteiger partial charge < -0.3 is 10.1 Å². The Hall–Kier alpha value is -2.48. The Balaban J connectivity index is 1.95. The predicted molar refractivity (Wildman–Crippen MR) is 82.0 cm³/mol. The largest absolute Gasteiger partial charge is 0.463 e. The summed E-state index contributed by atoms with van der Waals surface area (Å²) in [4.78, 5) is 27.1. The van der Waals surface area contributed by atoms with Gasteiger partial charge in [0.15, 0.2) is 6.61 Å². The lowest BCUT2D eigenvalue weighted by molar-refractivity contribution is -0.386. The van der Waals surface area contributed by atoms with E-state index in [1.165, 1.54) is 23.6 Å². The zero-order valence-electron chi connectivity index (χ0n) is 12.1. The number of ether oxygens (including phenoxy) is 1. The quantitative estimate of drug-likeness (QED) is 0.652. The van der Waals surface area contributed by atoms with Crippen LogP contribution in [-0.2, 0) is 4.79 Å². The first-order chi connectivity index (χ1) is 10.5. The Bertz CT molecular complexity index is 673. The number of carbonyl (C=O) groups is 1. The van der Waals surface area contributed by atoms with Gasteiger partial charge in [0, 0.05) is 17.1 Å². The zero-order valence-corrected chi connectivity index (χ0v) is 12.9. The molecule has 0 radical (unpaired) electrons. The number of nitro groups is 1. The molecule has 8 heteroatoms. The van der Waals surface area contributed by atoms with Crippen LogP contribution in [0.1, 0.15) is 23.4 Å². The second kappa shape index (κ2) is 6.99. The van der Waals surface area contributed by atoms with E-state index in [1.54, 1.807) is 6.92 Å². The summed E-state index contributed by atoms with van der Waals surface area (Å²) in [5.41, 5.74) is 0.397. The SMILES string of the molecule is Cc1cnc(OCC(=O)N[C@@H](C)c2cccs2)c([N+](=O)[O-])c1. The molecule has 2 aromatic rings. The molecule has 116 valence electrons. The summed E-state index contributed by atoms with van der Waals surface area (Å²) in [6.45, 7) is 3.22. The van der Waals surface area contributed by atoms with Crippen LogP contribution in [0.5, 0.6) is 5.88 Å². The van der Waals surface area contributed by atoms with Crippen LogP contribution in [0.2, 0.25) is 0 Å². The third-order valence-electron chi connectivity index (χ3n) is 2.85. The molecule has 1 atom stereocenters. The summed E-state index contributed by atoms with van der Waals surface area (Å²) in [6, 6.07) is 5.04. The molecule has 1 N–H and O–H groups in total. The first-order valence-corrected chi connectivity index (χ1v) is 7.42. The van der Waals surface area contributed by atoms with Gasteiger partial charge >= 0.3 is 5.69 Å². The third-order valence-corrected chi connectivity index (χ3v) is 3.91. The highest BCUT2D eigenvalue weighted by Gasteiger charge is 2.18. The van der Waals surface area contributed by atoms with E-state index in [0.29, 0.717) is 5.56 Å². The lowest BCUT2D eigenvalue weighted by Crippen LogP contribution is -2.31. The standard InChI is InChI=1S/C14H15N3O4S/c1-9-6-11(17(19)20)14(15-7-9)21-8-13(18)16-10(2)12-4-3-5-22-12/h3-7,10H,8H2,1-2H3,(H,16,18)/t10-/m0/s1. The number of carbonyl (C=O) groups excluding carboxylic acids is 1. The van der Waals surface area contributed by atoms with Crippen molar-refractivity contribution >= 4 is 22.9 Å². The van der Waals surface area contributed by atoms with Gasteiger partial charge in [0.25, 0.3) is 11.8 Å². The van der Waals surface area contributed by atoms with E-state index in [4.69, 9.17) is 4.74 Å². The van der Waals surface area contributed by atoms with Gasteiger partial charge in [-0.2, -0.15) is 0 Å². The number of nitrogens with one attached hydrogen (secondary N) is 1. The number of aromatic nitrogens is 1. The summed E-state index contributed by atoms with van der Waals surface area (Å²) < 4.78 is 5.17. The van der Waals surface area contributed by atoms with E-state index >= 15 is 0 Å². The number of hydrogen-bond acceptors (Lipinski definition) is 6. The van der Waals surface area contributed by atoms with Gasteiger partial charge in [0.1, 0.15) is 0 Å².